The van der Waals surface area contributed by atoms with Gasteiger partial charge in [-0.3, -0.25) is 33.6 Å². The van der Waals surface area contributed by atoms with Gasteiger partial charge in [-0.05, 0) is 109 Å². The lowest BCUT2D eigenvalue weighted by molar-refractivity contribution is -0.133. The molecule has 0 aromatic carbocycles. The molecule has 0 saturated heterocycles. The Balaban J connectivity index is 5.73. The Labute approximate surface area is 431 Å². The van der Waals surface area contributed by atoms with Crippen molar-refractivity contribution < 1.29 is 43.8 Å². The topological polar surface area (TPSA) is 322 Å². The van der Waals surface area contributed by atoms with Crippen molar-refractivity contribution in [2.45, 2.75) is 173 Å². The highest BCUT2D eigenvalue weighted by Crippen LogP contribution is 2.10. The Kier molecular flexibility index (Phi) is 42.0. The maximum Gasteiger partial charge on any atom is 0.244 e. The van der Waals surface area contributed by atoms with Crippen LogP contribution in [-0.2, 0) is 33.6 Å². The van der Waals surface area contributed by atoms with Gasteiger partial charge in [-0.15, -0.1) is 0 Å². The molecule has 14 N–H and O–H groups in total. The molecule has 0 aliphatic rings. The van der Waals surface area contributed by atoms with Crippen molar-refractivity contribution >= 4 is 41.4 Å². The average Bonchev–Trinajstić information content (AvgIpc) is 3.37. The number of amides is 7. The average molecular weight is 1020 g/mol. The summed E-state index contributed by atoms with van der Waals surface area (Å²) in [6, 6.07) is -3.99. The highest BCUT2D eigenvalue weighted by molar-refractivity contribution is 5.90. The van der Waals surface area contributed by atoms with Gasteiger partial charge in [-0.1, -0.05) is 70.1 Å². The minimum atomic E-state index is -1.17. The number of unbranched alkanes of at least 4 members (excludes halogenated alkanes) is 3. The van der Waals surface area contributed by atoms with Crippen LogP contribution in [0.2, 0.25) is 0 Å². The van der Waals surface area contributed by atoms with Gasteiger partial charge in [-0.25, -0.2) is 0 Å². The van der Waals surface area contributed by atoms with Gasteiger partial charge in [0.15, 0.2) is 0 Å². The summed E-state index contributed by atoms with van der Waals surface area (Å²) in [6.07, 6.45) is 23.6. The van der Waals surface area contributed by atoms with E-state index >= 15 is 0 Å². The second-order valence-electron chi connectivity index (χ2n) is 18.0. The molecular formula is C52H97N11O9. The molecule has 0 rings (SSSR count). The van der Waals surface area contributed by atoms with Gasteiger partial charge in [-0.2, -0.15) is 0 Å². The summed E-state index contributed by atoms with van der Waals surface area (Å²) in [5, 5.41) is 30.2. The zero-order valence-corrected chi connectivity index (χ0v) is 44.3. The monoisotopic (exact) mass is 1020 g/mol. The van der Waals surface area contributed by atoms with Crippen LogP contribution < -0.4 is 44.2 Å². The molecular weight excluding hydrogens is 923 g/mol. The van der Waals surface area contributed by atoms with Crippen molar-refractivity contribution in [1.82, 2.24) is 36.0 Å². The molecule has 0 radical (unpaired) electrons. The molecule has 0 aromatic heterocycles. The highest BCUT2D eigenvalue weighted by atomic mass is 16.3. The zero-order valence-electron chi connectivity index (χ0n) is 44.3. The number of carbonyl (C=O) groups excluding carboxylic acids is 7. The van der Waals surface area contributed by atoms with E-state index in [2.05, 4.69) is 21.3 Å². The first-order chi connectivity index (χ1) is 34.7. The lowest BCUT2D eigenvalue weighted by Gasteiger charge is -2.27. The number of nitrogens with one attached hydrogen (secondary N) is 4. The standard InChI is InChI=1S/C52H97N11O9/c1-4-7-10-13-27-46(66)61(36-22-32-57-51(71)44(40-64)59-49(69)42(55)25-16-18-30-53)34-20-21-35-62(47(67)28-14-11-8-5-2)38-24-39-63(48(68)29-15-12-9-6-3)37-23-33-58-52(72)45(41-65)60-50(70)43(56)26-17-19-31-54/h7-12,42-45,64-65H,4-6,13-41,53-56H2,1-3H3,(H,57,71)(H,58,72)(H,59,69)(H,60,70)/b10-7-,11-8-,12-9-/t42-,43-,44-,45-/m0/s1. The summed E-state index contributed by atoms with van der Waals surface area (Å²) in [4.78, 5) is 96.8. The van der Waals surface area contributed by atoms with Gasteiger partial charge in [0, 0.05) is 71.6 Å². The lowest BCUT2D eigenvalue weighted by Crippen LogP contribution is -2.53. The maximum atomic E-state index is 13.6. The second kappa shape index (κ2) is 44.9. The molecule has 4 atom stereocenters. The van der Waals surface area contributed by atoms with Crippen molar-refractivity contribution in [3.63, 3.8) is 0 Å². The summed E-state index contributed by atoms with van der Waals surface area (Å²) in [5.74, 6) is -2.24. The smallest absolute Gasteiger partial charge is 0.244 e. The van der Waals surface area contributed by atoms with E-state index in [9.17, 15) is 43.8 Å². The Morgan fingerprint density at radius 2 is 0.764 bits per heavy atom. The largest absolute Gasteiger partial charge is 0.394 e. The number of aliphatic hydroxyl groups excluding tert-OH is 2. The molecule has 0 bridgehead atoms. The van der Waals surface area contributed by atoms with E-state index in [1.807, 2.05) is 62.1 Å². The van der Waals surface area contributed by atoms with Crippen molar-refractivity contribution in [2.75, 3.05) is 78.7 Å². The number of hydrogen-bond acceptors (Lipinski definition) is 13. The van der Waals surface area contributed by atoms with Crippen LogP contribution in [0.3, 0.4) is 0 Å². The Hall–Kier alpha value is -4.73. The third-order valence-electron chi connectivity index (χ3n) is 11.9. The van der Waals surface area contributed by atoms with Crippen molar-refractivity contribution in [2.24, 2.45) is 22.9 Å². The molecule has 0 heterocycles. The van der Waals surface area contributed by atoms with E-state index in [0.29, 0.717) is 149 Å². The molecule has 0 spiro atoms. The minimum Gasteiger partial charge on any atom is -0.394 e. The first-order valence-corrected chi connectivity index (χ1v) is 26.8. The predicted molar refractivity (Wildman–Crippen MR) is 285 cm³/mol. The minimum absolute atomic E-state index is 0.000395. The van der Waals surface area contributed by atoms with Crippen LogP contribution in [0, 0.1) is 0 Å². The van der Waals surface area contributed by atoms with Crippen LogP contribution in [0.1, 0.15) is 149 Å². The summed E-state index contributed by atoms with van der Waals surface area (Å²) in [5.41, 5.74) is 23.0. The van der Waals surface area contributed by atoms with Gasteiger partial charge in [0.05, 0.1) is 25.3 Å². The molecule has 0 aliphatic carbocycles. The zero-order chi connectivity index (χ0) is 53.8. The number of aliphatic hydroxyl groups is 2. The third-order valence-corrected chi connectivity index (χ3v) is 11.9. The lowest BCUT2D eigenvalue weighted by atomic mass is 10.1. The Bertz CT molecular complexity index is 1600. The van der Waals surface area contributed by atoms with Gasteiger partial charge in [0.25, 0.3) is 0 Å². The normalized spacial score (nSPS) is 13.2. The maximum absolute atomic E-state index is 13.6. The van der Waals surface area contributed by atoms with Crippen LogP contribution in [-0.4, -0.2) is 169 Å². The summed E-state index contributed by atoms with van der Waals surface area (Å²) in [6.45, 7) is 8.69. The van der Waals surface area contributed by atoms with Gasteiger partial charge in [0.2, 0.25) is 41.4 Å². The Morgan fingerprint density at radius 1 is 0.444 bits per heavy atom. The molecule has 7 amide bonds. The molecule has 0 aliphatic heterocycles. The highest BCUT2D eigenvalue weighted by Gasteiger charge is 2.25. The number of hydrogen-bond donors (Lipinski definition) is 10. The molecule has 20 heteroatoms. The van der Waals surface area contributed by atoms with E-state index in [1.54, 1.807) is 9.80 Å². The van der Waals surface area contributed by atoms with Crippen molar-refractivity contribution in [1.29, 1.82) is 0 Å². The predicted octanol–water partition coefficient (Wildman–Crippen LogP) is 1.76. The first kappa shape index (κ1) is 67.3. The number of carbonyl (C=O) groups is 7. The summed E-state index contributed by atoms with van der Waals surface area (Å²) in [7, 11) is 0. The van der Waals surface area contributed by atoms with Crippen LogP contribution >= 0.6 is 0 Å². The van der Waals surface area contributed by atoms with Crippen molar-refractivity contribution in [3.05, 3.63) is 36.5 Å². The van der Waals surface area contributed by atoms with Gasteiger partial charge in [0.1, 0.15) is 12.1 Å². The molecule has 414 valence electrons. The quantitative estimate of drug-likeness (QED) is 0.0308. The van der Waals surface area contributed by atoms with Crippen molar-refractivity contribution in [3.8, 4) is 0 Å². The van der Waals surface area contributed by atoms with E-state index in [4.69, 9.17) is 22.9 Å². The molecule has 0 saturated carbocycles. The molecule has 0 fully saturated rings. The number of rotatable bonds is 45. The summed E-state index contributed by atoms with van der Waals surface area (Å²) < 4.78 is 0. The fourth-order valence-electron chi connectivity index (χ4n) is 7.52. The van der Waals surface area contributed by atoms with E-state index in [0.717, 1.165) is 32.1 Å². The summed E-state index contributed by atoms with van der Waals surface area (Å²) >= 11 is 0. The van der Waals surface area contributed by atoms with Crippen LogP contribution in [0.25, 0.3) is 0 Å². The fraction of sp³-hybridized carbons (Fsp3) is 0.750. The van der Waals surface area contributed by atoms with Gasteiger partial charge < -0.3 is 69.1 Å². The molecule has 20 nitrogen and oxygen atoms in total. The number of allylic oxidation sites excluding steroid dienone is 6. The van der Waals surface area contributed by atoms with E-state index < -0.39 is 61.0 Å². The third kappa shape index (κ3) is 33.1. The van der Waals surface area contributed by atoms with E-state index in [-0.39, 0.29) is 30.8 Å². The van der Waals surface area contributed by atoms with Crippen LogP contribution in [0.4, 0.5) is 0 Å². The number of nitrogens with zero attached hydrogens (tertiary/aromatic N) is 3. The van der Waals surface area contributed by atoms with Crippen LogP contribution in [0.5, 0.6) is 0 Å². The Morgan fingerprint density at radius 3 is 1.07 bits per heavy atom. The molecule has 72 heavy (non-hydrogen) atoms. The first-order valence-electron chi connectivity index (χ1n) is 26.8. The molecule has 0 aromatic rings. The van der Waals surface area contributed by atoms with Crippen LogP contribution in [0.15, 0.2) is 36.5 Å². The van der Waals surface area contributed by atoms with E-state index in [1.165, 1.54) is 0 Å². The van der Waals surface area contributed by atoms with Gasteiger partial charge >= 0.3 is 0 Å². The number of nitrogens with two attached hydrogens (primary N) is 4. The SMILES string of the molecule is CC/C=C\CCC(=O)N(CCCCN(CCCN(CCCNC(=O)[C@H](CO)NC(=O)[C@@H](N)CCCCN)C(=O)CC/C=C\CC)C(=O)CC/C=C\CC)CCCNC(=O)[C@H](CO)NC(=O)[C@@H](N)CCCCN. The molecule has 0 unspecified atom stereocenters. The fourth-order valence-corrected chi connectivity index (χ4v) is 7.52. The second-order valence-corrected chi connectivity index (χ2v) is 18.0.